The highest BCUT2D eigenvalue weighted by molar-refractivity contribution is 7.93. The van der Waals surface area contributed by atoms with E-state index in [9.17, 15) is 21.6 Å². The smallest absolute Gasteiger partial charge is 0.264 e. The fourth-order valence-electron chi connectivity index (χ4n) is 4.10. The van der Waals surface area contributed by atoms with Crippen LogP contribution in [0.15, 0.2) is 101 Å². The molecule has 4 aromatic carbocycles. The molecule has 42 heavy (non-hydrogen) atoms. The highest BCUT2D eigenvalue weighted by atomic mass is 32.2. The van der Waals surface area contributed by atoms with Gasteiger partial charge in [0.15, 0.2) is 11.5 Å². The van der Waals surface area contributed by atoms with Gasteiger partial charge in [-0.05, 0) is 80.1 Å². The van der Waals surface area contributed by atoms with Gasteiger partial charge in [0.2, 0.25) is 5.91 Å². The molecule has 0 heterocycles. The van der Waals surface area contributed by atoms with E-state index in [1.54, 1.807) is 36.4 Å². The number of anilines is 3. The number of carbonyl (C=O) groups is 1. The van der Waals surface area contributed by atoms with Crippen LogP contribution in [0.4, 0.5) is 17.1 Å². The summed E-state index contributed by atoms with van der Waals surface area (Å²) in [5.74, 6) is 0.0369. The van der Waals surface area contributed by atoms with Crippen molar-refractivity contribution >= 4 is 43.0 Å². The predicted octanol–water partition coefficient (Wildman–Crippen LogP) is 4.96. The average Bonchev–Trinajstić information content (AvgIpc) is 2.96. The first-order valence-electron chi connectivity index (χ1n) is 12.7. The second-order valence-electron chi connectivity index (χ2n) is 9.41. The van der Waals surface area contributed by atoms with Crippen LogP contribution in [0.1, 0.15) is 11.1 Å². The molecule has 0 saturated heterocycles. The van der Waals surface area contributed by atoms with Crippen molar-refractivity contribution < 1.29 is 31.1 Å². The van der Waals surface area contributed by atoms with E-state index in [0.717, 1.165) is 15.4 Å². The molecule has 12 heteroatoms. The van der Waals surface area contributed by atoms with Gasteiger partial charge in [-0.3, -0.25) is 13.8 Å². The number of sulfonamides is 2. The predicted molar refractivity (Wildman–Crippen MR) is 162 cm³/mol. The summed E-state index contributed by atoms with van der Waals surface area (Å²) in [6, 6.07) is 23.3. The van der Waals surface area contributed by atoms with Crippen molar-refractivity contribution in [2.45, 2.75) is 23.6 Å². The van der Waals surface area contributed by atoms with Gasteiger partial charge >= 0.3 is 0 Å². The Kier molecular flexibility index (Phi) is 9.08. The Bertz CT molecular complexity index is 1790. The second-order valence-corrected chi connectivity index (χ2v) is 13.0. The van der Waals surface area contributed by atoms with Crippen molar-refractivity contribution in [2.75, 3.05) is 35.1 Å². The molecule has 0 radical (unpaired) electrons. The van der Waals surface area contributed by atoms with E-state index < -0.39 is 32.5 Å². The lowest BCUT2D eigenvalue weighted by Crippen LogP contribution is -2.38. The summed E-state index contributed by atoms with van der Waals surface area (Å²) in [6.45, 7) is 3.12. The summed E-state index contributed by atoms with van der Waals surface area (Å²) < 4.78 is 67.2. The van der Waals surface area contributed by atoms with Crippen molar-refractivity contribution in [1.29, 1.82) is 0 Å². The summed E-state index contributed by atoms with van der Waals surface area (Å²) in [5, 5.41) is 2.65. The summed E-state index contributed by atoms with van der Waals surface area (Å²) in [7, 11) is -5.16. The molecular formula is C30H31N3O7S2. The van der Waals surface area contributed by atoms with Crippen LogP contribution in [0, 0.1) is 13.8 Å². The van der Waals surface area contributed by atoms with Gasteiger partial charge in [-0.1, -0.05) is 29.8 Å². The minimum absolute atomic E-state index is 0.00379. The fraction of sp³-hybridized carbons (Fsp3) is 0.167. The van der Waals surface area contributed by atoms with Crippen molar-refractivity contribution in [1.82, 2.24) is 0 Å². The Balaban J connectivity index is 1.57. The SMILES string of the molecule is COc1ccc(N(CC(=O)Nc2ccc(S(=O)(=O)Nc3cccc(C)c3)cc2)S(=O)(=O)c2ccc(C)cc2)cc1OC. The number of ether oxygens (including phenoxy) is 2. The average molecular weight is 610 g/mol. The largest absolute Gasteiger partial charge is 0.493 e. The molecule has 0 atom stereocenters. The maximum absolute atomic E-state index is 13.7. The Labute approximate surface area is 246 Å². The Morgan fingerprint density at radius 2 is 1.36 bits per heavy atom. The van der Waals surface area contributed by atoms with Crippen LogP contribution in [0.2, 0.25) is 0 Å². The van der Waals surface area contributed by atoms with Crippen LogP contribution < -0.4 is 23.8 Å². The molecule has 0 saturated carbocycles. The molecular weight excluding hydrogens is 578 g/mol. The molecule has 0 aromatic heterocycles. The lowest BCUT2D eigenvalue weighted by Gasteiger charge is -2.25. The number of amides is 1. The molecule has 0 fully saturated rings. The molecule has 220 valence electrons. The van der Waals surface area contributed by atoms with Gasteiger partial charge in [-0.25, -0.2) is 16.8 Å². The van der Waals surface area contributed by atoms with Crippen LogP contribution in [-0.2, 0) is 24.8 Å². The van der Waals surface area contributed by atoms with E-state index in [4.69, 9.17) is 9.47 Å². The number of hydrogen-bond donors (Lipinski definition) is 2. The normalized spacial score (nSPS) is 11.4. The number of methoxy groups -OCH3 is 2. The molecule has 4 rings (SSSR count). The van der Waals surface area contributed by atoms with Gasteiger partial charge in [0, 0.05) is 17.4 Å². The molecule has 0 bridgehead atoms. The lowest BCUT2D eigenvalue weighted by atomic mass is 10.2. The van der Waals surface area contributed by atoms with Gasteiger partial charge in [0.05, 0.1) is 29.7 Å². The first-order chi connectivity index (χ1) is 19.9. The van der Waals surface area contributed by atoms with Gasteiger partial charge < -0.3 is 14.8 Å². The van der Waals surface area contributed by atoms with Crippen molar-refractivity contribution in [3.05, 3.63) is 102 Å². The molecule has 2 N–H and O–H groups in total. The Morgan fingerprint density at radius 3 is 1.98 bits per heavy atom. The van der Waals surface area contributed by atoms with E-state index in [1.165, 1.54) is 62.8 Å². The van der Waals surface area contributed by atoms with Gasteiger partial charge in [-0.15, -0.1) is 0 Å². The third-order valence-electron chi connectivity index (χ3n) is 6.27. The first kappa shape index (κ1) is 30.4. The zero-order valence-electron chi connectivity index (χ0n) is 23.5. The molecule has 0 spiro atoms. The fourth-order valence-corrected chi connectivity index (χ4v) is 6.57. The van der Waals surface area contributed by atoms with E-state index in [2.05, 4.69) is 10.0 Å². The monoisotopic (exact) mass is 609 g/mol. The van der Waals surface area contributed by atoms with Crippen LogP contribution >= 0.6 is 0 Å². The first-order valence-corrected chi connectivity index (χ1v) is 15.7. The maximum Gasteiger partial charge on any atom is 0.264 e. The standard InChI is InChI=1S/C30H31N3O7S2/c1-21-8-13-27(14-9-21)42(37,38)33(25-12-17-28(39-3)29(19-25)40-4)20-30(34)31-23-10-15-26(16-11-23)41(35,36)32-24-7-5-6-22(2)18-24/h5-19,32H,20H2,1-4H3,(H,31,34). The number of carbonyl (C=O) groups excluding carboxylic acids is 1. The number of hydrogen-bond acceptors (Lipinski definition) is 7. The molecule has 0 aliphatic heterocycles. The zero-order valence-corrected chi connectivity index (χ0v) is 25.1. The number of aryl methyl sites for hydroxylation is 2. The number of nitrogens with zero attached hydrogens (tertiary/aromatic N) is 1. The van der Waals surface area contributed by atoms with E-state index in [-0.39, 0.29) is 26.9 Å². The molecule has 0 aliphatic carbocycles. The van der Waals surface area contributed by atoms with Gasteiger partial charge in [0.1, 0.15) is 6.54 Å². The number of rotatable bonds is 11. The molecule has 4 aromatic rings. The highest BCUT2D eigenvalue weighted by Crippen LogP contribution is 2.34. The van der Waals surface area contributed by atoms with Crippen LogP contribution in [0.5, 0.6) is 11.5 Å². The maximum atomic E-state index is 13.7. The summed E-state index contributed by atoms with van der Waals surface area (Å²) in [4.78, 5) is 13.2. The van der Waals surface area contributed by atoms with E-state index in [1.807, 2.05) is 19.9 Å². The molecule has 1 amide bonds. The van der Waals surface area contributed by atoms with Crippen molar-refractivity contribution in [2.24, 2.45) is 0 Å². The third-order valence-corrected chi connectivity index (χ3v) is 9.46. The Hall–Kier alpha value is -4.55. The van der Waals surface area contributed by atoms with Gasteiger partial charge in [0.25, 0.3) is 20.0 Å². The van der Waals surface area contributed by atoms with Crippen LogP contribution in [0.3, 0.4) is 0 Å². The van der Waals surface area contributed by atoms with E-state index >= 15 is 0 Å². The summed E-state index contributed by atoms with van der Waals surface area (Å²) in [6.07, 6.45) is 0. The molecule has 0 unspecified atom stereocenters. The third kappa shape index (κ3) is 7.01. The summed E-state index contributed by atoms with van der Waals surface area (Å²) in [5.41, 5.74) is 2.68. The van der Waals surface area contributed by atoms with E-state index in [0.29, 0.717) is 11.4 Å². The Morgan fingerprint density at radius 1 is 0.714 bits per heavy atom. The second kappa shape index (κ2) is 12.5. The van der Waals surface area contributed by atoms with Crippen molar-refractivity contribution in [3.63, 3.8) is 0 Å². The minimum Gasteiger partial charge on any atom is -0.493 e. The minimum atomic E-state index is -4.17. The summed E-state index contributed by atoms with van der Waals surface area (Å²) >= 11 is 0. The topological polar surface area (TPSA) is 131 Å². The zero-order chi connectivity index (χ0) is 30.5. The lowest BCUT2D eigenvalue weighted by molar-refractivity contribution is -0.114. The highest BCUT2D eigenvalue weighted by Gasteiger charge is 2.28. The van der Waals surface area contributed by atoms with Gasteiger partial charge in [-0.2, -0.15) is 0 Å². The number of nitrogens with one attached hydrogen (secondary N) is 2. The number of benzene rings is 4. The quantitative estimate of drug-likeness (QED) is 0.246. The molecule has 0 aliphatic rings. The molecule has 10 nitrogen and oxygen atoms in total. The van der Waals surface area contributed by atoms with Crippen LogP contribution in [-0.4, -0.2) is 43.5 Å². The van der Waals surface area contributed by atoms with Crippen LogP contribution in [0.25, 0.3) is 0 Å². The van der Waals surface area contributed by atoms with Crippen molar-refractivity contribution in [3.8, 4) is 11.5 Å².